The Bertz CT molecular complexity index is 1450. The van der Waals surface area contributed by atoms with Crippen LogP contribution in [0, 0.1) is 0 Å². The number of nitrogens with zero attached hydrogens (tertiary/aromatic N) is 5. The molecule has 0 aliphatic carbocycles. The molecule has 1 saturated heterocycles. The molecule has 0 spiro atoms. The fourth-order valence-corrected chi connectivity index (χ4v) is 5.18. The Labute approximate surface area is 194 Å². The molecular formula is C25H21N5O2S. The van der Waals surface area contributed by atoms with Crippen molar-refractivity contribution in [3.8, 4) is 11.4 Å². The van der Waals surface area contributed by atoms with E-state index in [1.165, 1.54) is 0 Å². The fraction of sp³-hybridized carbons (Fsp3) is 0.200. The molecule has 0 atom stereocenters. The first-order chi connectivity index (χ1) is 16.2. The highest BCUT2D eigenvalue weighted by Crippen LogP contribution is 2.36. The number of pyridine rings is 1. The SMILES string of the molecule is OC1(c2cccc(Sc3ccc4c(c3)ncc3nnc(-c5cccnc5)n34)c2)CCOCC1. The monoisotopic (exact) mass is 455 g/mol. The van der Waals surface area contributed by atoms with E-state index in [-0.39, 0.29) is 0 Å². The van der Waals surface area contributed by atoms with Crippen LogP contribution >= 0.6 is 11.8 Å². The first-order valence-electron chi connectivity index (χ1n) is 10.8. The second-order valence-corrected chi connectivity index (χ2v) is 9.29. The molecule has 0 radical (unpaired) electrons. The molecule has 1 N–H and O–H groups in total. The lowest BCUT2D eigenvalue weighted by molar-refractivity contribution is -0.0680. The Balaban J connectivity index is 1.35. The quantitative estimate of drug-likeness (QED) is 0.427. The third-order valence-corrected chi connectivity index (χ3v) is 7.02. The van der Waals surface area contributed by atoms with Crippen LogP contribution in [0.2, 0.25) is 0 Å². The van der Waals surface area contributed by atoms with Crippen molar-refractivity contribution < 1.29 is 9.84 Å². The summed E-state index contributed by atoms with van der Waals surface area (Å²) in [5, 5.41) is 19.7. The van der Waals surface area contributed by atoms with Gasteiger partial charge in [-0.15, -0.1) is 10.2 Å². The zero-order valence-corrected chi connectivity index (χ0v) is 18.6. The van der Waals surface area contributed by atoms with Crippen molar-refractivity contribution in [2.45, 2.75) is 28.2 Å². The number of aromatic nitrogens is 5. The summed E-state index contributed by atoms with van der Waals surface area (Å²) < 4.78 is 7.44. The van der Waals surface area contributed by atoms with Gasteiger partial charge in [0.1, 0.15) is 0 Å². The van der Waals surface area contributed by atoms with E-state index in [2.05, 4.69) is 50.5 Å². The minimum Gasteiger partial charge on any atom is -0.385 e. The summed E-state index contributed by atoms with van der Waals surface area (Å²) in [6.45, 7) is 1.17. The first kappa shape index (κ1) is 20.3. The molecule has 164 valence electrons. The molecule has 0 unspecified atom stereocenters. The van der Waals surface area contributed by atoms with E-state index >= 15 is 0 Å². The predicted octanol–water partition coefficient (Wildman–Crippen LogP) is 4.49. The first-order valence-corrected chi connectivity index (χ1v) is 11.6. The van der Waals surface area contributed by atoms with Crippen molar-refractivity contribution in [2.24, 2.45) is 0 Å². The molecule has 0 amide bonds. The van der Waals surface area contributed by atoms with Crippen molar-refractivity contribution in [1.82, 2.24) is 24.6 Å². The number of benzene rings is 2. The lowest BCUT2D eigenvalue weighted by Crippen LogP contribution is -2.33. The van der Waals surface area contributed by atoms with E-state index in [1.807, 2.05) is 28.7 Å². The summed E-state index contributed by atoms with van der Waals surface area (Å²) in [6, 6.07) is 18.2. The van der Waals surface area contributed by atoms with Crippen molar-refractivity contribution in [1.29, 1.82) is 0 Å². The number of aliphatic hydroxyl groups is 1. The van der Waals surface area contributed by atoms with Gasteiger partial charge in [-0.05, 0) is 48.0 Å². The number of rotatable bonds is 4. The van der Waals surface area contributed by atoms with Crippen LogP contribution in [0.5, 0.6) is 0 Å². The largest absolute Gasteiger partial charge is 0.385 e. The Morgan fingerprint density at radius 1 is 0.939 bits per heavy atom. The maximum absolute atomic E-state index is 11.1. The van der Waals surface area contributed by atoms with Crippen LogP contribution in [0.15, 0.2) is 83.0 Å². The van der Waals surface area contributed by atoms with Gasteiger partial charge in [0.05, 0.1) is 22.8 Å². The Morgan fingerprint density at radius 3 is 2.67 bits per heavy atom. The minimum atomic E-state index is -0.817. The fourth-order valence-electron chi connectivity index (χ4n) is 4.27. The molecule has 2 aromatic carbocycles. The average Bonchev–Trinajstić information content (AvgIpc) is 3.30. The third-order valence-electron chi connectivity index (χ3n) is 6.04. The molecule has 1 aliphatic heterocycles. The van der Waals surface area contributed by atoms with E-state index in [9.17, 15) is 5.11 Å². The van der Waals surface area contributed by atoms with E-state index in [0.717, 1.165) is 37.8 Å². The summed E-state index contributed by atoms with van der Waals surface area (Å²) in [5.41, 5.74) is 3.52. The van der Waals surface area contributed by atoms with Crippen LogP contribution in [0.4, 0.5) is 0 Å². The zero-order chi connectivity index (χ0) is 22.3. The van der Waals surface area contributed by atoms with Gasteiger partial charge in [-0.25, -0.2) is 0 Å². The van der Waals surface area contributed by atoms with Gasteiger partial charge in [0.25, 0.3) is 0 Å². The second-order valence-electron chi connectivity index (χ2n) is 8.14. The average molecular weight is 456 g/mol. The molecular weight excluding hydrogens is 434 g/mol. The van der Waals surface area contributed by atoms with Gasteiger partial charge >= 0.3 is 0 Å². The molecule has 0 saturated carbocycles. The molecule has 5 aromatic rings. The molecule has 8 heteroatoms. The lowest BCUT2D eigenvalue weighted by Gasteiger charge is -2.32. The van der Waals surface area contributed by atoms with Gasteiger partial charge in [-0.2, -0.15) is 0 Å². The summed E-state index contributed by atoms with van der Waals surface area (Å²) >= 11 is 1.65. The van der Waals surface area contributed by atoms with Gasteiger partial charge in [-0.3, -0.25) is 14.4 Å². The summed E-state index contributed by atoms with van der Waals surface area (Å²) in [5.74, 6) is 0.739. The maximum Gasteiger partial charge on any atom is 0.180 e. The molecule has 7 nitrogen and oxygen atoms in total. The normalized spacial score (nSPS) is 15.8. The Morgan fingerprint density at radius 2 is 1.82 bits per heavy atom. The molecule has 6 rings (SSSR count). The van der Waals surface area contributed by atoms with Crippen molar-refractivity contribution in [2.75, 3.05) is 13.2 Å². The second kappa shape index (κ2) is 8.22. The number of fused-ring (bicyclic) bond motifs is 3. The number of ether oxygens (including phenoxy) is 1. The number of hydrogen-bond acceptors (Lipinski definition) is 7. The highest BCUT2D eigenvalue weighted by Gasteiger charge is 2.31. The summed E-state index contributed by atoms with van der Waals surface area (Å²) in [7, 11) is 0. The molecule has 0 bridgehead atoms. The molecule has 1 fully saturated rings. The van der Waals surface area contributed by atoms with Gasteiger partial charge in [0, 0.05) is 53.8 Å². The van der Waals surface area contributed by atoms with Crippen LogP contribution in [-0.2, 0) is 10.3 Å². The van der Waals surface area contributed by atoms with Crippen LogP contribution < -0.4 is 0 Å². The molecule has 33 heavy (non-hydrogen) atoms. The third kappa shape index (κ3) is 3.76. The zero-order valence-electron chi connectivity index (χ0n) is 17.8. The van der Waals surface area contributed by atoms with Gasteiger partial charge in [0.15, 0.2) is 11.5 Å². The maximum atomic E-state index is 11.1. The van der Waals surface area contributed by atoms with E-state index in [4.69, 9.17) is 4.74 Å². The van der Waals surface area contributed by atoms with E-state index in [1.54, 1.807) is 30.4 Å². The molecule has 3 aromatic heterocycles. The molecule has 4 heterocycles. The smallest absolute Gasteiger partial charge is 0.180 e. The van der Waals surface area contributed by atoms with Gasteiger partial charge in [0.2, 0.25) is 0 Å². The van der Waals surface area contributed by atoms with Gasteiger partial charge < -0.3 is 9.84 Å². The van der Waals surface area contributed by atoms with E-state index in [0.29, 0.717) is 31.7 Å². The van der Waals surface area contributed by atoms with Crippen molar-refractivity contribution >= 4 is 28.4 Å². The van der Waals surface area contributed by atoms with Crippen LogP contribution in [-0.4, -0.2) is 42.9 Å². The predicted molar refractivity (Wildman–Crippen MR) is 126 cm³/mol. The van der Waals surface area contributed by atoms with Crippen LogP contribution in [0.25, 0.3) is 28.1 Å². The van der Waals surface area contributed by atoms with Crippen molar-refractivity contribution in [3.63, 3.8) is 0 Å². The van der Waals surface area contributed by atoms with Crippen molar-refractivity contribution in [3.05, 3.63) is 78.8 Å². The lowest BCUT2D eigenvalue weighted by atomic mass is 9.87. The Kier molecular flexibility index (Phi) is 5.05. The summed E-state index contributed by atoms with van der Waals surface area (Å²) in [4.78, 5) is 11.0. The van der Waals surface area contributed by atoms with E-state index < -0.39 is 5.60 Å². The van der Waals surface area contributed by atoms with Gasteiger partial charge in [-0.1, -0.05) is 23.9 Å². The standard InChI is InChI=1S/C25H21N5O2S/c31-25(8-11-32-12-9-25)18-4-1-5-19(13-18)33-20-6-7-22-21(14-20)27-16-23-28-29-24(30(22)23)17-3-2-10-26-15-17/h1-7,10,13-16,31H,8-9,11-12H2. The van der Waals surface area contributed by atoms with Crippen LogP contribution in [0.1, 0.15) is 18.4 Å². The summed E-state index contributed by atoms with van der Waals surface area (Å²) in [6.07, 6.45) is 6.51. The topological polar surface area (TPSA) is 85.4 Å². The minimum absolute atomic E-state index is 0.586. The molecule has 1 aliphatic rings. The van der Waals surface area contributed by atoms with Crippen LogP contribution in [0.3, 0.4) is 0 Å². The highest BCUT2D eigenvalue weighted by atomic mass is 32.2. The Hall–Kier alpha value is -3.33. The number of hydrogen-bond donors (Lipinski definition) is 1. The highest BCUT2D eigenvalue weighted by molar-refractivity contribution is 7.99.